The zero-order valence-corrected chi connectivity index (χ0v) is 14.0. The van der Waals surface area contributed by atoms with E-state index in [4.69, 9.17) is 9.47 Å². The molecular weight excluding hydrogens is 320 g/mol. The summed E-state index contributed by atoms with van der Waals surface area (Å²) in [5, 5.41) is 6.92. The van der Waals surface area contributed by atoms with E-state index in [1.54, 1.807) is 54.3 Å². The number of aromatic nitrogens is 3. The Hall–Kier alpha value is -3.35. The minimum atomic E-state index is -0.253. The predicted octanol–water partition coefficient (Wildman–Crippen LogP) is 2.93. The topological polar surface area (TPSA) is 78.3 Å². The maximum atomic E-state index is 11.9. The van der Waals surface area contributed by atoms with Crippen LogP contribution in [-0.4, -0.2) is 27.3 Å². The standard InChI is InChI=1S/C18H18N4O3/c1-13-11-16(22(2)21-13)20-17(23)12-24-14-6-8-15(9-7-14)25-18-5-3-4-10-19-18/h3-11H,12H2,1-2H3,(H,20,23). The summed E-state index contributed by atoms with van der Waals surface area (Å²) in [5.74, 6) is 2.11. The lowest BCUT2D eigenvalue weighted by atomic mass is 10.3. The van der Waals surface area contributed by atoms with Crippen LogP contribution < -0.4 is 14.8 Å². The summed E-state index contributed by atoms with van der Waals surface area (Å²) in [5.41, 5.74) is 0.835. The molecule has 0 aliphatic carbocycles. The van der Waals surface area contributed by atoms with Gasteiger partial charge in [-0.1, -0.05) is 6.07 Å². The maximum Gasteiger partial charge on any atom is 0.263 e. The Labute approximate surface area is 145 Å². The summed E-state index contributed by atoms with van der Waals surface area (Å²) in [6, 6.07) is 14.2. The van der Waals surface area contributed by atoms with Crippen LogP contribution in [0.2, 0.25) is 0 Å². The summed E-state index contributed by atoms with van der Waals surface area (Å²) >= 11 is 0. The summed E-state index contributed by atoms with van der Waals surface area (Å²) < 4.78 is 12.7. The van der Waals surface area contributed by atoms with Crippen molar-refractivity contribution in [3.05, 3.63) is 60.4 Å². The SMILES string of the molecule is Cc1cc(NC(=O)COc2ccc(Oc3ccccn3)cc2)n(C)n1. The number of benzene rings is 1. The Morgan fingerprint density at radius 1 is 1.16 bits per heavy atom. The van der Waals surface area contributed by atoms with Gasteiger partial charge in [-0.2, -0.15) is 5.10 Å². The summed E-state index contributed by atoms with van der Waals surface area (Å²) in [6.45, 7) is 1.77. The molecule has 0 unspecified atom stereocenters. The molecule has 7 nitrogen and oxygen atoms in total. The fourth-order valence-corrected chi connectivity index (χ4v) is 2.19. The molecule has 25 heavy (non-hydrogen) atoms. The van der Waals surface area contributed by atoms with Gasteiger partial charge in [-0.05, 0) is 37.3 Å². The zero-order valence-electron chi connectivity index (χ0n) is 14.0. The Balaban J connectivity index is 1.51. The summed E-state index contributed by atoms with van der Waals surface area (Å²) in [6.07, 6.45) is 1.66. The average Bonchev–Trinajstić information content (AvgIpc) is 2.92. The number of hydrogen-bond donors (Lipinski definition) is 1. The number of nitrogens with zero attached hydrogens (tertiary/aromatic N) is 3. The first-order valence-electron chi connectivity index (χ1n) is 7.72. The molecule has 3 aromatic rings. The lowest BCUT2D eigenvalue weighted by molar-refractivity contribution is -0.118. The summed E-state index contributed by atoms with van der Waals surface area (Å²) in [4.78, 5) is 16.0. The highest BCUT2D eigenvalue weighted by Crippen LogP contribution is 2.22. The molecule has 1 amide bonds. The van der Waals surface area contributed by atoms with Gasteiger partial charge in [-0.15, -0.1) is 0 Å². The van der Waals surface area contributed by atoms with Crippen LogP contribution in [0.1, 0.15) is 5.69 Å². The Kier molecular flexibility index (Phi) is 4.94. The van der Waals surface area contributed by atoms with Crippen molar-refractivity contribution in [3.63, 3.8) is 0 Å². The molecule has 2 aromatic heterocycles. The first kappa shape index (κ1) is 16.5. The predicted molar refractivity (Wildman–Crippen MR) is 92.8 cm³/mol. The molecule has 0 spiro atoms. The third-order valence-corrected chi connectivity index (χ3v) is 3.32. The zero-order chi connectivity index (χ0) is 17.6. The van der Waals surface area contributed by atoms with E-state index >= 15 is 0 Å². The second kappa shape index (κ2) is 7.48. The molecule has 7 heteroatoms. The number of hydrogen-bond acceptors (Lipinski definition) is 5. The van der Waals surface area contributed by atoms with Crippen molar-refractivity contribution in [1.29, 1.82) is 0 Å². The van der Waals surface area contributed by atoms with Gasteiger partial charge in [0, 0.05) is 25.4 Å². The molecule has 3 rings (SSSR count). The van der Waals surface area contributed by atoms with E-state index < -0.39 is 0 Å². The lowest BCUT2D eigenvalue weighted by Gasteiger charge is -2.08. The number of nitrogens with one attached hydrogen (secondary N) is 1. The van der Waals surface area contributed by atoms with Gasteiger partial charge in [0.1, 0.15) is 17.3 Å². The number of carbonyl (C=O) groups is 1. The van der Waals surface area contributed by atoms with Crippen molar-refractivity contribution in [2.75, 3.05) is 11.9 Å². The van der Waals surface area contributed by atoms with Crippen LogP contribution in [0.3, 0.4) is 0 Å². The molecular formula is C18H18N4O3. The molecule has 0 bridgehead atoms. The van der Waals surface area contributed by atoms with Crippen molar-refractivity contribution < 1.29 is 14.3 Å². The van der Waals surface area contributed by atoms with Crippen molar-refractivity contribution in [1.82, 2.24) is 14.8 Å². The number of amides is 1. The lowest BCUT2D eigenvalue weighted by Crippen LogP contribution is -2.21. The molecule has 0 saturated carbocycles. The highest BCUT2D eigenvalue weighted by molar-refractivity contribution is 5.91. The second-order valence-electron chi connectivity index (χ2n) is 5.37. The van der Waals surface area contributed by atoms with E-state index in [9.17, 15) is 4.79 Å². The van der Waals surface area contributed by atoms with E-state index in [0.29, 0.717) is 23.2 Å². The van der Waals surface area contributed by atoms with Crippen molar-refractivity contribution in [3.8, 4) is 17.4 Å². The molecule has 0 aliphatic rings. The first-order chi connectivity index (χ1) is 12.1. The van der Waals surface area contributed by atoms with Crippen LogP contribution in [0.25, 0.3) is 0 Å². The third kappa shape index (κ3) is 4.57. The molecule has 0 aliphatic heterocycles. The quantitative estimate of drug-likeness (QED) is 0.748. The van der Waals surface area contributed by atoms with Gasteiger partial charge in [0.05, 0.1) is 5.69 Å². The van der Waals surface area contributed by atoms with Crippen LogP contribution in [0.4, 0.5) is 5.82 Å². The van der Waals surface area contributed by atoms with Gasteiger partial charge >= 0.3 is 0 Å². The van der Waals surface area contributed by atoms with E-state index in [1.807, 2.05) is 19.1 Å². The normalized spacial score (nSPS) is 10.3. The largest absolute Gasteiger partial charge is 0.484 e. The minimum absolute atomic E-state index is 0.0926. The molecule has 1 N–H and O–H groups in total. The molecule has 1 aromatic carbocycles. The Bertz CT molecular complexity index is 845. The molecule has 0 saturated heterocycles. The van der Waals surface area contributed by atoms with E-state index in [-0.39, 0.29) is 12.5 Å². The minimum Gasteiger partial charge on any atom is -0.484 e. The van der Waals surface area contributed by atoms with Crippen LogP contribution in [0.5, 0.6) is 17.4 Å². The second-order valence-corrected chi connectivity index (χ2v) is 5.37. The van der Waals surface area contributed by atoms with Crippen LogP contribution in [-0.2, 0) is 11.8 Å². The number of pyridine rings is 1. The monoisotopic (exact) mass is 338 g/mol. The Morgan fingerprint density at radius 3 is 2.56 bits per heavy atom. The van der Waals surface area contributed by atoms with Crippen molar-refractivity contribution in [2.45, 2.75) is 6.92 Å². The average molecular weight is 338 g/mol. The van der Waals surface area contributed by atoms with Crippen LogP contribution >= 0.6 is 0 Å². The van der Waals surface area contributed by atoms with Gasteiger partial charge < -0.3 is 14.8 Å². The fourth-order valence-electron chi connectivity index (χ4n) is 2.19. The van der Waals surface area contributed by atoms with Gasteiger partial charge in [0.25, 0.3) is 5.91 Å². The van der Waals surface area contributed by atoms with Gasteiger partial charge in [0.15, 0.2) is 6.61 Å². The molecule has 0 radical (unpaired) electrons. The fraction of sp³-hybridized carbons (Fsp3) is 0.167. The van der Waals surface area contributed by atoms with E-state index in [2.05, 4.69) is 15.4 Å². The van der Waals surface area contributed by atoms with Crippen LogP contribution in [0.15, 0.2) is 54.7 Å². The van der Waals surface area contributed by atoms with Gasteiger partial charge in [-0.25, -0.2) is 4.98 Å². The number of rotatable bonds is 6. The molecule has 2 heterocycles. The number of ether oxygens (including phenoxy) is 2. The Morgan fingerprint density at radius 2 is 1.92 bits per heavy atom. The molecule has 128 valence electrons. The summed E-state index contributed by atoms with van der Waals surface area (Å²) in [7, 11) is 1.77. The van der Waals surface area contributed by atoms with Gasteiger partial charge in [-0.3, -0.25) is 9.48 Å². The molecule has 0 fully saturated rings. The number of anilines is 1. The first-order valence-corrected chi connectivity index (χ1v) is 7.72. The smallest absolute Gasteiger partial charge is 0.263 e. The van der Waals surface area contributed by atoms with Crippen LogP contribution in [0, 0.1) is 6.92 Å². The highest BCUT2D eigenvalue weighted by Gasteiger charge is 2.08. The molecule has 0 atom stereocenters. The van der Waals surface area contributed by atoms with Crippen molar-refractivity contribution in [2.24, 2.45) is 7.05 Å². The van der Waals surface area contributed by atoms with Crippen molar-refractivity contribution >= 4 is 11.7 Å². The van der Waals surface area contributed by atoms with E-state index in [1.165, 1.54) is 0 Å². The van der Waals surface area contributed by atoms with Gasteiger partial charge in [0.2, 0.25) is 5.88 Å². The highest BCUT2D eigenvalue weighted by atomic mass is 16.5. The van der Waals surface area contributed by atoms with E-state index in [0.717, 1.165) is 5.69 Å². The number of carbonyl (C=O) groups excluding carboxylic acids is 1. The number of aryl methyl sites for hydroxylation is 2. The maximum absolute atomic E-state index is 11.9. The third-order valence-electron chi connectivity index (χ3n) is 3.32.